The van der Waals surface area contributed by atoms with Crippen LogP contribution in [-0.2, 0) is 9.53 Å². The van der Waals surface area contributed by atoms with Gasteiger partial charge in [-0.3, -0.25) is 4.79 Å². The van der Waals surface area contributed by atoms with Crippen molar-refractivity contribution < 1.29 is 9.53 Å². The molecule has 0 saturated heterocycles. The predicted molar refractivity (Wildman–Crippen MR) is 30.7 cm³/mol. The molecule has 0 bridgehead atoms. The second-order valence-electron chi connectivity index (χ2n) is 1.14. The maximum Gasteiger partial charge on any atom is 0.320 e. The highest BCUT2D eigenvalue weighted by Crippen LogP contribution is 1.79. The minimum atomic E-state index is -0.419. The molecule has 0 atom stereocenters. The second-order valence-corrected chi connectivity index (χ2v) is 1.41. The van der Waals surface area contributed by atoms with Crippen LogP contribution in [0, 0.1) is 0 Å². The summed E-state index contributed by atoms with van der Waals surface area (Å²) >= 11 is 5.07. The Kier molecular flexibility index (Phi) is 4.70. The number of carbonyl (C=O) groups is 1. The second kappa shape index (κ2) is 4.87. The van der Waals surface area contributed by atoms with Crippen molar-refractivity contribution in [1.29, 1.82) is 0 Å². The normalized spacial score (nSPS) is 8.75. The van der Waals surface area contributed by atoms with E-state index >= 15 is 0 Å². The standard InChI is InChI=1S/C4H8ClNO2/c5-3-4(7)8-2-1-6/h1-3,6H2. The first-order valence-corrected chi connectivity index (χ1v) is 2.76. The van der Waals surface area contributed by atoms with E-state index in [1.54, 1.807) is 0 Å². The topological polar surface area (TPSA) is 52.3 Å². The molecule has 0 aliphatic rings. The molecule has 0 radical (unpaired) electrons. The quantitative estimate of drug-likeness (QED) is 0.430. The molecule has 8 heavy (non-hydrogen) atoms. The molecular weight excluding hydrogens is 130 g/mol. The van der Waals surface area contributed by atoms with E-state index in [0.717, 1.165) is 0 Å². The van der Waals surface area contributed by atoms with Crippen LogP contribution in [-0.4, -0.2) is 25.0 Å². The SMILES string of the molecule is NCCOC(=O)CCl. The first kappa shape index (κ1) is 7.72. The number of nitrogens with two attached hydrogens (primary N) is 1. The summed E-state index contributed by atoms with van der Waals surface area (Å²) in [6.07, 6.45) is 0. The molecule has 0 spiro atoms. The van der Waals surface area contributed by atoms with Gasteiger partial charge < -0.3 is 10.5 Å². The van der Waals surface area contributed by atoms with Crippen molar-refractivity contribution in [1.82, 2.24) is 0 Å². The van der Waals surface area contributed by atoms with Crippen LogP contribution in [0.3, 0.4) is 0 Å². The van der Waals surface area contributed by atoms with Crippen LogP contribution in [0.4, 0.5) is 0 Å². The zero-order chi connectivity index (χ0) is 6.41. The molecule has 0 aromatic rings. The highest BCUT2D eigenvalue weighted by atomic mass is 35.5. The third-order valence-corrected chi connectivity index (χ3v) is 0.708. The zero-order valence-electron chi connectivity index (χ0n) is 4.39. The van der Waals surface area contributed by atoms with Gasteiger partial charge in [0.2, 0.25) is 0 Å². The van der Waals surface area contributed by atoms with Gasteiger partial charge in [0.15, 0.2) is 0 Å². The lowest BCUT2D eigenvalue weighted by Gasteiger charge is -1.96. The highest BCUT2D eigenvalue weighted by molar-refractivity contribution is 6.26. The average molecular weight is 138 g/mol. The Hall–Kier alpha value is -0.280. The van der Waals surface area contributed by atoms with Crippen molar-refractivity contribution in [3.05, 3.63) is 0 Å². The van der Waals surface area contributed by atoms with E-state index in [1.807, 2.05) is 0 Å². The van der Waals surface area contributed by atoms with Gasteiger partial charge in [0.1, 0.15) is 12.5 Å². The van der Waals surface area contributed by atoms with Gasteiger partial charge in [0, 0.05) is 6.54 Å². The first-order valence-electron chi connectivity index (χ1n) is 2.23. The van der Waals surface area contributed by atoms with Crippen molar-refractivity contribution in [3.8, 4) is 0 Å². The van der Waals surface area contributed by atoms with Crippen LogP contribution in [0.15, 0.2) is 0 Å². The minimum Gasteiger partial charge on any atom is -0.463 e. The van der Waals surface area contributed by atoms with Gasteiger partial charge in [0.05, 0.1) is 0 Å². The van der Waals surface area contributed by atoms with Crippen molar-refractivity contribution in [2.75, 3.05) is 19.0 Å². The van der Waals surface area contributed by atoms with Crippen molar-refractivity contribution in [3.63, 3.8) is 0 Å². The zero-order valence-corrected chi connectivity index (χ0v) is 5.15. The van der Waals surface area contributed by atoms with Crippen LogP contribution >= 0.6 is 11.6 Å². The maximum absolute atomic E-state index is 10.2. The molecule has 0 heterocycles. The van der Waals surface area contributed by atoms with Gasteiger partial charge in [-0.2, -0.15) is 0 Å². The van der Waals surface area contributed by atoms with Crippen LogP contribution in [0.2, 0.25) is 0 Å². The Bertz CT molecular complexity index is 76.4. The Labute approximate surface area is 52.8 Å². The molecule has 3 nitrogen and oxygen atoms in total. The fourth-order valence-corrected chi connectivity index (χ4v) is 0.288. The van der Waals surface area contributed by atoms with Gasteiger partial charge in [-0.25, -0.2) is 0 Å². The first-order chi connectivity index (χ1) is 3.81. The highest BCUT2D eigenvalue weighted by Gasteiger charge is 1.95. The molecule has 2 N–H and O–H groups in total. The molecule has 0 amide bonds. The van der Waals surface area contributed by atoms with Crippen LogP contribution in [0.25, 0.3) is 0 Å². The van der Waals surface area contributed by atoms with Gasteiger partial charge in [-0.1, -0.05) is 0 Å². The van der Waals surface area contributed by atoms with E-state index in [9.17, 15) is 4.79 Å². The molecule has 0 aliphatic carbocycles. The number of alkyl halides is 1. The third kappa shape index (κ3) is 3.89. The maximum atomic E-state index is 10.2. The summed E-state index contributed by atoms with van der Waals surface area (Å²) < 4.78 is 4.44. The van der Waals surface area contributed by atoms with Crippen LogP contribution < -0.4 is 5.73 Å². The monoisotopic (exact) mass is 137 g/mol. The Morgan fingerprint density at radius 3 is 2.75 bits per heavy atom. The lowest BCUT2D eigenvalue weighted by Crippen LogP contribution is -2.13. The fourth-order valence-electron chi connectivity index (χ4n) is 0.211. The molecule has 0 saturated carbocycles. The summed E-state index contributed by atoms with van der Waals surface area (Å²) in [7, 11) is 0. The number of ether oxygens (including phenoxy) is 1. The number of halogens is 1. The smallest absolute Gasteiger partial charge is 0.320 e. The predicted octanol–water partition coefficient (Wildman–Crippen LogP) is -0.273. The van der Waals surface area contributed by atoms with E-state index in [4.69, 9.17) is 17.3 Å². The summed E-state index contributed by atoms with van der Waals surface area (Å²) in [4.78, 5) is 10.2. The molecule has 0 aromatic heterocycles. The Morgan fingerprint density at radius 2 is 2.38 bits per heavy atom. The number of rotatable bonds is 3. The summed E-state index contributed by atoms with van der Waals surface area (Å²) in [5.41, 5.74) is 5.01. The molecule has 0 fully saturated rings. The van der Waals surface area contributed by atoms with Gasteiger partial charge >= 0.3 is 5.97 Å². The fraction of sp³-hybridized carbons (Fsp3) is 0.750. The van der Waals surface area contributed by atoms with Crippen LogP contribution in [0.1, 0.15) is 0 Å². The van der Waals surface area contributed by atoms with E-state index in [0.29, 0.717) is 6.54 Å². The molecule has 0 unspecified atom stereocenters. The van der Waals surface area contributed by atoms with Crippen LogP contribution in [0.5, 0.6) is 0 Å². The number of hydrogen-bond acceptors (Lipinski definition) is 3. The lowest BCUT2D eigenvalue weighted by atomic mass is 10.7. The van der Waals surface area contributed by atoms with Gasteiger partial charge in [-0.05, 0) is 0 Å². The summed E-state index contributed by atoms with van der Waals surface area (Å²) in [6.45, 7) is 0.605. The largest absolute Gasteiger partial charge is 0.463 e. The Morgan fingerprint density at radius 1 is 1.75 bits per heavy atom. The number of carbonyl (C=O) groups excluding carboxylic acids is 1. The van der Waals surface area contributed by atoms with E-state index < -0.39 is 5.97 Å². The van der Waals surface area contributed by atoms with Gasteiger partial charge in [-0.15, -0.1) is 11.6 Å². The van der Waals surface area contributed by atoms with E-state index in [-0.39, 0.29) is 12.5 Å². The summed E-state index contributed by atoms with van der Waals surface area (Å²) in [6, 6.07) is 0. The summed E-state index contributed by atoms with van der Waals surface area (Å²) in [5, 5.41) is 0. The molecule has 0 rings (SSSR count). The summed E-state index contributed by atoms with van der Waals surface area (Å²) in [5.74, 6) is -0.517. The molecule has 4 heteroatoms. The van der Waals surface area contributed by atoms with Crippen molar-refractivity contribution >= 4 is 17.6 Å². The molecule has 48 valence electrons. The van der Waals surface area contributed by atoms with Crippen molar-refractivity contribution in [2.24, 2.45) is 5.73 Å². The molecule has 0 aliphatic heterocycles. The molecular formula is C4H8ClNO2. The third-order valence-electron chi connectivity index (χ3n) is 0.490. The number of hydrogen-bond donors (Lipinski definition) is 1. The molecule has 0 aromatic carbocycles. The van der Waals surface area contributed by atoms with E-state index in [2.05, 4.69) is 4.74 Å². The minimum absolute atomic E-state index is 0.0972. The number of esters is 1. The lowest BCUT2D eigenvalue weighted by molar-refractivity contribution is -0.140. The average Bonchev–Trinajstić information content (AvgIpc) is 1.83. The Balaban J connectivity index is 2.99. The van der Waals surface area contributed by atoms with Crippen molar-refractivity contribution in [2.45, 2.75) is 0 Å². The van der Waals surface area contributed by atoms with E-state index in [1.165, 1.54) is 0 Å². The van der Waals surface area contributed by atoms with Gasteiger partial charge in [0.25, 0.3) is 0 Å².